The van der Waals surface area contributed by atoms with E-state index in [4.69, 9.17) is 5.73 Å². The van der Waals surface area contributed by atoms with Crippen molar-refractivity contribution in [2.75, 3.05) is 18.4 Å². The highest BCUT2D eigenvalue weighted by atomic mass is 19.2. The van der Waals surface area contributed by atoms with Gasteiger partial charge in [0.05, 0.1) is 6.54 Å². The van der Waals surface area contributed by atoms with Crippen LogP contribution in [0.5, 0.6) is 0 Å². The molecule has 4 rings (SSSR count). The second-order valence-electron chi connectivity index (χ2n) is 7.08. The minimum atomic E-state index is -1.04. The topological polar surface area (TPSA) is 121 Å². The van der Waals surface area contributed by atoms with E-state index in [9.17, 15) is 18.4 Å². The Morgan fingerprint density at radius 2 is 1.78 bits per heavy atom. The molecule has 0 unspecified atom stereocenters. The fraction of sp³-hybridized carbons (Fsp3) is 0.190. The third kappa shape index (κ3) is 3.97. The first-order chi connectivity index (χ1) is 15.4. The van der Waals surface area contributed by atoms with E-state index in [-0.39, 0.29) is 23.5 Å². The fourth-order valence-electron chi connectivity index (χ4n) is 3.20. The Morgan fingerprint density at radius 3 is 2.47 bits per heavy atom. The van der Waals surface area contributed by atoms with Gasteiger partial charge < -0.3 is 11.1 Å². The van der Waals surface area contributed by atoms with Gasteiger partial charge >= 0.3 is 5.69 Å². The van der Waals surface area contributed by atoms with Crippen LogP contribution in [0, 0.1) is 11.6 Å². The van der Waals surface area contributed by atoms with Gasteiger partial charge in [0.25, 0.3) is 5.56 Å². The van der Waals surface area contributed by atoms with Gasteiger partial charge in [0.15, 0.2) is 28.6 Å². The predicted octanol–water partition coefficient (Wildman–Crippen LogP) is 1.25. The number of rotatable bonds is 6. The minimum Gasteiger partial charge on any atom is -0.384 e. The molecule has 11 heteroatoms. The van der Waals surface area contributed by atoms with Gasteiger partial charge in [-0.15, -0.1) is 10.2 Å². The van der Waals surface area contributed by atoms with Gasteiger partial charge in [-0.1, -0.05) is 6.07 Å². The van der Waals surface area contributed by atoms with Crippen LogP contribution in [0.15, 0.2) is 52.1 Å². The number of nitrogens with two attached hydrogens (primary N) is 1. The molecule has 9 nitrogen and oxygen atoms in total. The van der Waals surface area contributed by atoms with Gasteiger partial charge in [-0.05, 0) is 42.0 Å². The number of hydrogen-bond donors (Lipinski definition) is 2. The number of nitrogens with zero attached hydrogens (tertiary/aromatic N) is 5. The van der Waals surface area contributed by atoms with E-state index in [1.807, 2.05) is 12.1 Å². The van der Waals surface area contributed by atoms with Gasteiger partial charge in [-0.25, -0.2) is 18.6 Å². The van der Waals surface area contributed by atoms with Crippen LogP contribution in [0.4, 0.5) is 14.5 Å². The van der Waals surface area contributed by atoms with Crippen LogP contribution in [-0.2, 0) is 13.6 Å². The SMILES string of the molecule is Cn1c(=O)c2nc(-c3ccc(NCCN)cc3)nnc2n(Cc2ccc(F)c(F)c2)c1=O. The van der Waals surface area contributed by atoms with Gasteiger partial charge in [0.1, 0.15) is 0 Å². The van der Waals surface area contributed by atoms with Crippen LogP contribution in [0.1, 0.15) is 5.56 Å². The van der Waals surface area contributed by atoms with Crippen molar-refractivity contribution in [3.63, 3.8) is 0 Å². The number of halogens is 2. The summed E-state index contributed by atoms with van der Waals surface area (Å²) < 4.78 is 28.9. The molecule has 0 aliphatic rings. The van der Waals surface area contributed by atoms with E-state index < -0.39 is 22.9 Å². The maximum atomic E-state index is 13.6. The van der Waals surface area contributed by atoms with Crippen molar-refractivity contribution < 1.29 is 8.78 Å². The summed E-state index contributed by atoms with van der Waals surface area (Å²) >= 11 is 0. The standard InChI is InChI=1S/C21H19F2N7O2/c1-29-20(31)17-19(30(21(29)32)11-12-2-7-15(22)16(23)10-12)28-27-18(26-17)13-3-5-14(6-4-13)25-9-8-24/h2-7,10,25H,8-9,11,24H2,1H3. The fourth-order valence-corrected chi connectivity index (χ4v) is 3.20. The first-order valence-electron chi connectivity index (χ1n) is 9.71. The molecule has 0 fully saturated rings. The Labute approximate surface area is 180 Å². The van der Waals surface area contributed by atoms with E-state index in [1.54, 1.807) is 12.1 Å². The molecule has 2 aromatic carbocycles. The zero-order valence-electron chi connectivity index (χ0n) is 17.0. The number of hydrogen-bond acceptors (Lipinski definition) is 7. The van der Waals surface area contributed by atoms with Gasteiger partial charge in [-0.2, -0.15) is 0 Å². The summed E-state index contributed by atoms with van der Waals surface area (Å²) in [7, 11) is 1.31. The van der Waals surface area contributed by atoms with Crippen molar-refractivity contribution in [2.45, 2.75) is 6.54 Å². The Balaban J connectivity index is 1.79. The zero-order chi connectivity index (χ0) is 22.8. The molecular formula is C21H19F2N7O2. The Kier molecular flexibility index (Phi) is 5.73. The molecule has 0 atom stereocenters. The maximum Gasteiger partial charge on any atom is 0.332 e. The summed E-state index contributed by atoms with van der Waals surface area (Å²) in [5, 5.41) is 11.3. The smallest absolute Gasteiger partial charge is 0.332 e. The maximum absolute atomic E-state index is 13.6. The molecule has 32 heavy (non-hydrogen) atoms. The average Bonchev–Trinajstić information content (AvgIpc) is 2.81. The lowest BCUT2D eigenvalue weighted by Gasteiger charge is -2.11. The van der Waals surface area contributed by atoms with Gasteiger partial charge in [0, 0.05) is 31.4 Å². The van der Waals surface area contributed by atoms with Gasteiger partial charge in [-0.3, -0.25) is 13.9 Å². The highest BCUT2D eigenvalue weighted by Gasteiger charge is 2.17. The number of aromatic nitrogens is 5. The van der Waals surface area contributed by atoms with Crippen molar-refractivity contribution in [1.29, 1.82) is 0 Å². The molecule has 0 radical (unpaired) electrons. The van der Waals surface area contributed by atoms with Crippen LogP contribution in [-0.4, -0.2) is 37.4 Å². The van der Waals surface area contributed by atoms with E-state index >= 15 is 0 Å². The number of nitrogens with one attached hydrogen (secondary N) is 1. The van der Waals surface area contributed by atoms with E-state index in [1.165, 1.54) is 13.1 Å². The molecule has 0 amide bonds. The average molecular weight is 439 g/mol. The van der Waals surface area contributed by atoms with Crippen molar-refractivity contribution >= 4 is 16.9 Å². The summed E-state index contributed by atoms with van der Waals surface area (Å²) in [5.41, 5.74) is 5.86. The lowest BCUT2D eigenvalue weighted by Crippen LogP contribution is -2.39. The number of benzene rings is 2. The van der Waals surface area contributed by atoms with Crippen LogP contribution in [0.25, 0.3) is 22.6 Å². The molecular weight excluding hydrogens is 420 g/mol. The predicted molar refractivity (Wildman–Crippen MR) is 115 cm³/mol. The summed E-state index contributed by atoms with van der Waals surface area (Å²) in [6.07, 6.45) is 0. The summed E-state index contributed by atoms with van der Waals surface area (Å²) in [6, 6.07) is 10.5. The molecule has 0 aliphatic heterocycles. The highest BCUT2D eigenvalue weighted by molar-refractivity contribution is 5.71. The molecule has 164 valence electrons. The molecule has 0 aliphatic carbocycles. The summed E-state index contributed by atoms with van der Waals surface area (Å²) in [6.45, 7) is 0.978. The molecule has 2 heterocycles. The molecule has 0 saturated heterocycles. The molecule has 0 saturated carbocycles. The number of fused-ring (bicyclic) bond motifs is 1. The Bertz CT molecular complexity index is 1420. The first kappa shape index (κ1) is 21.2. The van der Waals surface area contributed by atoms with E-state index in [0.29, 0.717) is 24.2 Å². The normalized spacial score (nSPS) is 11.1. The van der Waals surface area contributed by atoms with E-state index in [2.05, 4.69) is 20.5 Å². The summed E-state index contributed by atoms with van der Waals surface area (Å²) in [5.74, 6) is -1.83. The van der Waals surface area contributed by atoms with Crippen molar-refractivity contribution in [3.05, 3.63) is 80.5 Å². The van der Waals surface area contributed by atoms with Crippen LogP contribution in [0.2, 0.25) is 0 Å². The molecule has 2 aromatic heterocycles. The quantitative estimate of drug-likeness (QED) is 0.464. The Hall–Kier alpha value is -3.99. The lowest BCUT2D eigenvalue weighted by atomic mass is 10.2. The lowest BCUT2D eigenvalue weighted by molar-refractivity contribution is 0.506. The third-order valence-corrected chi connectivity index (χ3v) is 4.89. The highest BCUT2D eigenvalue weighted by Crippen LogP contribution is 2.18. The minimum absolute atomic E-state index is 0.0483. The molecule has 0 spiro atoms. The van der Waals surface area contributed by atoms with E-state index in [0.717, 1.165) is 27.0 Å². The van der Waals surface area contributed by atoms with Crippen molar-refractivity contribution in [3.8, 4) is 11.4 Å². The van der Waals surface area contributed by atoms with Crippen LogP contribution in [0.3, 0.4) is 0 Å². The summed E-state index contributed by atoms with van der Waals surface area (Å²) in [4.78, 5) is 29.7. The van der Waals surface area contributed by atoms with Crippen LogP contribution >= 0.6 is 0 Å². The largest absolute Gasteiger partial charge is 0.384 e. The van der Waals surface area contributed by atoms with Crippen molar-refractivity contribution in [2.24, 2.45) is 12.8 Å². The third-order valence-electron chi connectivity index (χ3n) is 4.89. The zero-order valence-corrected chi connectivity index (χ0v) is 17.0. The second-order valence-corrected chi connectivity index (χ2v) is 7.08. The molecule has 0 bridgehead atoms. The second kappa shape index (κ2) is 8.63. The Morgan fingerprint density at radius 1 is 1.03 bits per heavy atom. The monoisotopic (exact) mass is 439 g/mol. The molecule has 4 aromatic rings. The van der Waals surface area contributed by atoms with Crippen LogP contribution < -0.4 is 22.3 Å². The van der Waals surface area contributed by atoms with Crippen molar-refractivity contribution in [1.82, 2.24) is 24.3 Å². The number of anilines is 1. The van der Waals surface area contributed by atoms with Gasteiger partial charge in [0.2, 0.25) is 0 Å². The molecule has 3 N–H and O–H groups in total. The first-order valence-corrected chi connectivity index (χ1v) is 9.71.